The van der Waals surface area contributed by atoms with Gasteiger partial charge in [-0.1, -0.05) is 47.8 Å². The van der Waals surface area contributed by atoms with E-state index in [1.807, 2.05) is 26.0 Å². The molecule has 0 heterocycles. The largest absolute Gasteiger partial charge is 0.303 e. The minimum atomic E-state index is 0.0438. The summed E-state index contributed by atoms with van der Waals surface area (Å²) >= 11 is 11.9. The number of hydrogen-bond donors (Lipinski definition) is 0. The molecular weight excluding hydrogens is 243 g/mol. The summed E-state index contributed by atoms with van der Waals surface area (Å²) in [5, 5.41) is 1.26. The first kappa shape index (κ1) is 13.3. The van der Waals surface area contributed by atoms with Crippen molar-refractivity contribution in [3.8, 4) is 0 Å². The van der Waals surface area contributed by atoms with Crippen LogP contribution in [0.5, 0.6) is 0 Å². The van der Waals surface area contributed by atoms with Crippen molar-refractivity contribution >= 4 is 35.6 Å². The summed E-state index contributed by atoms with van der Waals surface area (Å²) in [6.45, 7) is 3.89. The molecule has 0 fully saturated rings. The lowest BCUT2D eigenvalue weighted by atomic mass is 10.0. The van der Waals surface area contributed by atoms with Crippen LogP contribution >= 0.6 is 23.2 Å². The fraction of sp³-hybridized carbons (Fsp3) is 0.308. The molecule has 86 valence electrons. The van der Waals surface area contributed by atoms with Crippen molar-refractivity contribution in [1.82, 2.24) is 0 Å². The number of hydrogen-bond acceptors (Lipinski definition) is 1. The first-order valence-electron chi connectivity index (χ1n) is 5.10. The highest BCUT2D eigenvalue weighted by Crippen LogP contribution is 2.24. The zero-order chi connectivity index (χ0) is 12.1. The second kappa shape index (κ2) is 6.07. The van der Waals surface area contributed by atoms with Crippen LogP contribution in [0.1, 0.15) is 25.8 Å². The monoisotopic (exact) mass is 256 g/mol. The molecule has 0 aromatic heterocycles. The molecule has 1 aromatic rings. The van der Waals surface area contributed by atoms with Gasteiger partial charge >= 0.3 is 0 Å². The van der Waals surface area contributed by atoms with E-state index in [0.717, 1.165) is 23.8 Å². The molecule has 0 amide bonds. The lowest BCUT2D eigenvalue weighted by Crippen LogP contribution is -1.95. The fourth-order valence-electron chi connectivity index (χ4n) is 1.50. The van der Waals surface area contributed by atoms with E-state index < -0.39 is 0 Å². The quantitative estimate of drug-likeness (QED) is 0.719. The van der Waals surface area contributed by atoms with Crippen LogP contribution in [0.25, 0.3) is 6.08 Å². The van der Waals surface area contributed by atoms with Crippen molar-refractivity contribution in [2.24, 2.45) is 5.92 Å². The minimum Gasteiger partial charge on any atom is -0.303 e. The summed E-state index contributed by atoms with van der Waals surface area (Å²) in [5.74, 6) is 0.0438. The average molecular weight is 257 g/mol. The van der Waals surface area contributed by atoms with Gasteiger partial charge in [-0.2, -0.15) is 0 Å². The highest BCUT2D eigenvalue weighted by atomic mass is 35.5. The van der Waals surface area contributed by atoms with Gasteiger partial charge in [0.25, 0.3) is 0 Å². The van der Waals surface area contributed by atoms with E-state index in [2.05, 4.69) is 0 Å². The summed E-state index contributed by atoms with van der Waals surface area (Å²) < 4.78 is 0. The van der Waals surface area contributed by atoms with E-state index in [1.54, 1.807) is 12.1 Å². The maximum atomic E-state index is 10.5. The van der Waals surface area contributed by atoms with Crippen molar-refractivity contribution in [1.29, 1.82) is 0 Å². The molecular formula is C13H14Cl2O. The Balaban J connectivity index is 2.85. The average Bonchev–Trinajstić information content (AvgIpc) is 2.22. The van der Waals surface area contributed by atoms with Gasteiger partial charge in [0.05, 0.1) is 0 Å². The van der Waals surface area contributed by atoms with Crippen LogP contribution in [-0.2, 0) is 4.79 Å². The highest BCUT2D eigenvalue weighted by Gasteiger charge is 2.03. The zero-order valence-electron chi connectivity index (χ0n) is 9.34. The number of carbonyl (C=O) groups is 1. The van der Waals surface area contributed by atoms with Crippen molar-refractivity contribution in [3.63, 3.8) is 0 Å². The van der Waals surface area contributed by atoms with Crippen molar-refractivity contribution in [3.05, 3.63) is 39.4 Å². The molecule has 0 N–H and O–H groups in total. The Kier molecular flexibility index (Phi) is 5.04. The Morgan fingerprint density at radius 3 is 2.69 bits per heavy atom. The molecule has 0 saturated heterocycles. The molecule has 1 rings (SSSR count). The molecule has 0 radical (unpaired) electrons. The molecule has 1 unspecified atom stereocenters. The predicted octanol–water partition coefficient (Wildman–Crippen LogP) is 4.62. The van der Waals surface area contributed by atoms with Gasteiger partial charge in [0, 0.05) is 16.0 Å². The molecule has 0 aliphatic carbocycles. The number of halogens is 2. The molecule has 1 aromatic carbocycles. The van der Waals surface area contributed by atoms with E-state index in [4.69, 9.17) is 23.2 Å². The summed E-state index contributed by atoms with van der Waals surface area (Å²) in [7, 11) is 0. The van der Waals surface area contributed by atoms with Crippen molar-refractivity contribution in [2.75, 3.05) is 0 Å². The standard InChI is InChI=1S/C13H14Cl2O/c1-9(5-10(2)8-16)6-11-3-4-12(14)7-13(11)15/h3-4,6-8,10H,5H2,1-2H3. The second-order valence-electron chi connectivity index (χ2n) is 3.97. The van der Waals surface area contributed by atoms with Crippen LogP contribution in [-0.4, -0.2) is 6.29 Å². The summed E-state index contributed by atoms with van der Waals surface area (Å²) in [5.41, 5.74) is 2.06. The van der Waals surface area contributed by atoms with E-state index in [-0.39, 0.29) is 5.92 Å². The summed E-state index contributed by atoms with van der Waals surface area (Å²) in [6, 6.07) is 5.39. The van der Waals surface area contributed by atoms with Crippen LogP contribution < -0.4 is 0 Å². The predicted molar refractivity (Wildman–Crippen MR) is 70.0 cm³/mol. The van der Waals surface area contributed by atoms with E-state index in [9.17, 15) is 4.79 Å². The minimum absolute atomic E-state index is 0.0438. The SMILES string of the molecule is CC(=Cc1ccc(Cl)cc1Cl)CC(C)C=O. The van der Waals surface area contributed by atoms with E-state index in [1.165, 1.54) is 0 Å². The third kappa shape index (κ3) is 3.99. The molecule has 0 saturated carbocycles. The number of carbonyl (C=O) groups excluding carboxylic acids is 1. The van der Waals surface area contributed by atoms with Gasteiger partial charge in [-0.15, -0.1) is 0 Å². The van der Waals surface area contributed by atoms with Crippen LogP contribution in [0.4, 0.5) is 0 Å². The van der Waals surface area contributed by atoms with E-state index >= 15 is 0 Å². The number of allylic oxidation sites excluding steroid dienone is 1. The van der Waals surface area contributed by atoms with Gasteiger partial charge in [-0.05, 0) is 31.0 Å². The van der Waals surface area contributed by atoms with Gasteiger partial charge < -0.3 is 4.79 Å². The molecule has 1 atom stereocenters. The van der Waals surface area contributed by atoms with Crippen LogP contribution in [0.15, 0.2) is 23.8 Å². The van der Waals surface area contributed by atoms with Gasteiger partial charge in [0.1, 0.15) is 6.29 Å². The van der Waals surface area contributed by atoms with Gasteiger partial charge in [-0.25, -0.2) is 0 Å². The van der Waals surface area contributed by atoms with Crippen molar-refractivity contribution < 1.29 is 4.79 Å². The lowest BCUT2D eigenvalue weighted by molar-refractivity contribution is -0.110. The Morgan fingerprint density at radius 2 is 2.12 bits per heavy atom. The molecule has 3 heteroatoms. The molecule has 0 bridgehead atoms. The van der Waals surface area contributed by atoms with Crippen molar-refractivity contribution in [2.45, 2.75) is 20.3 Å². The zero-order valence-corrected chi connectivity index (χ0v) is 10.8. The third-order valence-electron chi connectivity index (χ3n) is 2.24. The molecule has 16 heavy (non-hydrogen) atoms. The molecule has 0 spiro atoms. The van der Waals surface area contributed by atoms with Gasteiger partial charge in [-0.3, -0.25) is 0 Å². The normalized spacial score (nSPS) is 13.6. The Morgan fingerprint density at radius 1 is 1.44 bits per heavy atom. The number of rotatable bonds is 4. The first-order valence-corrected chi connectivity index (χ1v) is 5.86. The second-order valence-corrected chi connectivity index (χ2v) is 4.82. The van der Waals surface area contributed by atoms with Gasteiger partial charge in [0.2, 0.25) is 0 Å². The van der Waals surface area contributed by atoms with Gasteiger partial charge in [0.15, 0.2) is 0 Å². The Labute approximate surface area is 106 Å². The number of aldehydes is 1. The molecule has 0 aliphatic heterocycles. The van der Waals surface area contributed by atoms with Crippen LogP contribution in [0.2, 0.25) is 10.0 Å². The Bertz CT molecular complexity index is 410. The molecule has 1 nitrogen and oxygen atoms in total. The van der Waals surface area contributed by atoms with E-state index in [0.29, 0.717) is 10.0 Å². The van der Waals surface area contributed by atoms with Crippen LogP contribution in [0.3, 0.4) is 0 Å². The first-order chi connectivity index (χ1) is 7.52. The summed E-state index contributed by atoms with van der Waals surface area (Å²) in [6.07, 6.45) is 3.70. The Hall–Kier alpha value is -0.790. The maximum Gasteiger partial charge on any atom is 0.123 e. The lowest BCUT2D eigenvalue weighted by Gasteiger charge is -2.05. The number of benzene rings is 1. The molecule has 0 aliphatic rings. The smallest absolute Gasteiger partial charge is 0.123 e. The third-order valence-corrected chi connectivity index (χ3v) is 2.80. The summed E-state index contributed by atoms with van der Waals surface area (Å²) in [4.78, 5) is 10.5. The topological polar surface area (TPSA) is 17.1 Å². The van der Waals surface area contributed by atoms with Crippen LogP contribution in [0, 0.1) is 5.92 Å². The fourth-order valence-corrected chi connectivity index (χ4v) is 1.96. The maximum absolute atomic E-state index is 10.5. The highest BCUT2D eigenvalue weighted by molar-refractivity contribution is 6.35.